The summed E-state index contributed by atoms with van der Waals surface area (Å²) in [4.78, 5) is 226. The number of carbonyl (C=O) groups is 17. The van der Waals surface area contributed by atoms with Crippen LogP contribution < -0.4 is 80.6 Å². The van der Waals surface area contributed by atoms with E-state index in [4.69, 9.17) is 11.5 Å². The molecule has 0 bridgehead atoms. The molecule has 1 aliphatic heterocycles. The number of rotatable bonds is 46. The van der Waals surface area contributed by atoms with Crippen LogP contribution in [0.15, 0.2) is 60.7 Å². The number of nitrogens with two attached hydrogens (primary N) is 2. The lowest BCUT2D eigenvalue weighted by Gasteiger charge is -2.31. The third kappa shape index (κ3) is 31.0. The molecule has 13 atom stereocenters. The number of hydrogen-bond acceptors (Lipinski definition) is 21. The highest BCUT2D eigenvalue weighted by Gasteiger charge is 2.41. The van der Waals surface area contributed by atoms with E-state index in [0.29, 0.717) is 30.4 Å². The molecular formula is C67H100N16O22. The van der Waals surface area contributed by atoms with Crippen molar-refractivity contribution < 1.29 is 107 Å². The molecule has 2 aromatic rings. The smallest absolute Gasteiger partial charge is 0.305 e. The van der Waals surface area contributed by atoms with Gasteiger partial charge in [-0.05, 0) is 75.0 Å². The zero-order valence-corrected chi connectivity index (χ0v) is 59.4. The summed E-state index contributed by atoms with van der Waals surface area (Å²) in [6, 6.07) is -0.517. The molecule has 1 aliphatic rings. The number of aliphatic hydroxyl groups is 3. The zero-order valence-electron chi connectivity index (χ0n) is 59.4. The Morgan fingerprint density at radius 1 is 0.495 bits per heavy atom. The Bertz CT molecular complexity index is 3350. The predicted octanol–water partition coefficient (Wildman–Crippen LogP) is -7.30. The van der Waals surface area contributed by atoms with Crippen LogP contribution in [0.4, 0.5) is 0 Å². The van der Waals surface area contributed by atoms with Gasteiger partial charge in [0.15, 0.2) is 0 Å². The summed E-state index contributed by atoms with van der Waals surface area (Å²) in [6.45, 7) is 4.54. The predicted molar refractivity (Wildman–Crippen MR) is 370 cm³/mol. The normalized spacial score (nSPS) is 15.9. The molecule has 22 N–H and O–H groups in total. The molecule has 105 heavy (non-hydrogen) atoms. The van der Waals surface area contributed by atoms with E-state index in [9.17, 15) is 107 Å². The van der Waals surface area contributed by atoms with Crippen molar-refractivity contribution in [2.45, 2.75) is 185 Å². The topological polar surface area (TPSA) is 603 Å². The molecule has 0 radical (unpaired) electrons. The molecule has 0 unspecified atom stereocenters. The third-order valence-electron chi connectivity index (χ3n) is 16.7. The summed E-state index contributed by atoms with van der Waals surface area (Å²) in [5, 5.41) is 80.9. The lowest BCUT2D eigenvalue weighted by atomic mass is 9.97. The number of aliphatic hydroxyl groups excluding tert-OH is 3. The Hall–Kier alpha value is -10.7. The van der Waals surface area contributed by atoms with Gasteiger partial charge in [0, 0.05) is 32.7 Å². The van der Waals surface area contributed by atoms with Gasteiger partial charge in [-0.3, -0.25) is 81.5 Å². The first-order chi connectivity index (χ1) is 49.6. The van der Waals surface area contributed by atoms with E-state index in [2.05, 4.69) is 69.1 Å². The SMILES string of the molecule is CC[C@H](C)[C@H](NC(=O)CNC(=O)CNC(=O)[C@@H](NC(=O)[C@H](CO)NC(=O)[C@H](CCCCN)NC(=O)[C@H](CCC(=O)O)NC(=O)[C@H](CC(=O)O)NC(=O)[C@H](Cc1ccccc1)NC(=O)CNC(=O)[C@H](Cc1ccccc1)NC(C)=O)[C@@H](C)O)C(=O)N[C@@H](CO)C(=O)N[C@H](C(=O)N1CCC[C@H]1C(N)=O)C(C)C. The second-order valence-corrected chi connectivity index (χ2v) is 25.4. The van der Waals surface area contributed by atoms with Crippen molar-refractivity contribution in [2.24, 2.45) is 23.3 Å². The number of nitrogens with one attached hydrogen (secondary N) is 13. The molecule has 2 aromatic carbocycles. The second-order valence-electron chi connectivity index (χ2n) is 25.4. The Kier molecular flexibility index (Phi) is 38.2. The van der Waals surface area contributed by atoms with Crippen molar-refractivity contribution in [3.05, 3.63) is 71.8 Å². The van der Waals surface area contributed by atoms with E-state index in [0.717, 1.165) is 6.92 Å². The fraction of sp³-hybridized carbons (Fsp3) is 0.567. The van der Waals surface area contributed by atoms with Crippen LogP contribution in [0, 0.1) is 11.8 Å². The molecule has 580 valence electrons. The molecule has 0 aliphatic carbocycles. The number of benzene rings is 2. The first-order valence-corrected chi connectivity index (χ1v) is 34.2. The fourth-order valence-corrected chi connectivity index (χ4v) is 10.7. The highest BCUT2D eigenvalue weighted by Crippen LogP contribution is 2.21. The number of carboxylic acid groups (broad SMARTS) is 2. The van der Waals surface area contributed by atoms with Crippen LogP contribution in [0.2, 0.25) is 0 Å². The van der Waals surface area contributed by atoms with Gasteiger partial charge < -0.3 is 111 Å². The van der Waals surface area contributed by atoms with E-state index in [1.54, 1.807) is 88.4 Å². The Morgan fingerprint density at radius 2 is 0.952 bits per heavy atom. The number of aliphatic carboxylic acids is 2. The summed E-state index contributed by atoms with van der Waals surface area (Å²) in [5.74, 6) is -19.1. The monoisotopic (exact) mass is 1480 g/mol. The van der Waals surface area contributed by atoms with Gasteiger partial charge in [-0.25, -0.2) is 0 Å². The fourth-order valence-electron chi connectivity index (χ4n) is 10.7. The molecule has 38 heteroatoms. The molecule has 1 saturated heterocycles. The van der Waals surface area contributed by atoms with E-state index in [1.807, 2.05) is 0 Å². The Balaban J connectivity index is 1.71. The lowest BCUT2D eigenvalue weighted by molar-refractivity contribution is -0.142. The summed E-state index contributed by atoms with van der Waals surface area (Å²) < 4.78 is 0. The minimum absolute atomic E-state index is 0.0493. The standard InChI is InChI=1S/C67H100N16O22/c1-7-36(4)55(66(104)79-47(34-85)63(101)81-54(35(2)3)67(105)83-26-16-22-48(83)57(69)95)80-51(90)31-70-49(88)30-72-65(103)56(37(5)86)82-64(102)46(33-84)78-59(97)41(21-14-15-25-68)75-60(98)42(23-24-52(91)92)76-62(100)45(29-53(93)94)77-61(99)44(28-40-19-12-9-13-20-40)74-50(89)32-71-58(96)43(73-38(6)87)27-39-17-10-8-11-18-39/h8-13,17-20,35-37,41-48,54-56,84-86H,7,14-16,21-34,68H2,1-6H3,(H2,69,95)(H,70,88)(H,71,96)(H,72,103)(H,73,87)(H,74,89)(H,75,98)(H,76,100)(H,77,99)(H,78,97)(H,79,104)(H,80,90)(H,81,101)(H,82,102)(H,91,92)(H,93,94)/t36-,37+,41-,42-,43-,44-,45-,46-,47-,48-,54-,55-,56-/m0/s1. The molecule has 3 rings (SSSR count). The van der Waals surface area contributed by atoms with Crippen LogP contribution in [0.25, 0.3) is 0 Å². The van der Waals surface area contributed by atoms with Crippen LogP contribution >= 0.6 is 0 Å². The van der Waals surface area contributed by atoms with E-state index in [1.165, 1.54) is 11.8 Å². The molecule has 0 spiro atoms. The maximum Gasteiger partial charge on any atom is 0.305 e. The van der Waals surface area contributed by atoms with Crippen LogP contribution in [0.5, 0.6) is 0 Å². The minimum Gasteiger partial charge on any atom is -0.481 e. The Labute approximate surface area is 605 Å². The molecule has 0 aromatic heterocycles. The summed E-state index contributed by atoms with van der Waals surface area (Å²) in [7, 11) is 0. The number of hydrogen-bond donors (Lipinski definition) is 20. The molecule has 38 nitrogen and oxygen atoms in total. The number of amides is 15. The van der Waals surface area contributed by atoms with Crippen molar-refractivity contribution in [1.82, 2.24) is 74.0 Å². The zero-order chi connectivity index (χ0) is 78.6. The van der Waals surface area contributed by atoms with Gasteiger partial charge in [0.25, 0.3) is 0 Å². The third-order valence-corrected chi connectivity index (χ3v) is 16.7. The highest BCUT2D eigenvalue weighted by atomic mass is 16.4. The number of carbonyl (C=O) groups excluding carboxylic acids is 15. The Morgan fingerprint density at radius 3 is 1.45 bits per heavy atom. The highest BCUT2D eigenvalue weighted by molar-refractivity contribution is 6.00. The van der Waals surface area contributed by atoms with E-state index < -0.39 is 237 Å². The van der Waals surface area contributed by atoms with Crippen molar-refractivity contribution in [2.75, 3.05) is 45.9 Å². The molecule has 0 saturated carbocycles. The summed E-state index contributed by atoms with van der Waals surface area (Å²) in [6.07, 6.45) is -3.43. The van der Waals surface area contributed by atoms with Gasteiger partial charge in [-0.1, -0.05) is 94.8 Å². The van der Waals surface area contributed by atoms with Gasteiger partial charge in [-0.15, -0.1) is 0 Å². The average molecular weight is 1480 g/mol. The molecule has 15 amide bonds. The summed E-state index contributed by atoms with van der Waals surface area (Å²) in [5.41, 5.74) is 12.3. The maximum atomic E-state index is 14.1. The van der Waals surface area contributed by atoms with Crippen molar-refractivity contribution >= 4 is 101 Å². The van der Waals surface area contributed by atoms with Gasteiger partial charge in [0.1, 0.15) is 66.5 Å². The summed E-state index contributed by atoms with van der Waals surface area (Å²) >= 11 is 0. The van der Waals surface area contributed by atoms with Gasteiger partial charge in [-0.2, -0.15) is 0 Å². The van der Waals surface area contributed by atoms with Gasteiger partial charge >= 0.3 is 11.9 Å². The quantitative estimate of drug-likeness (QED) is 0.0274. The van der Waals surface area contributed by atoms with Crippen LogP contribution in [0.1, 0.15) is 110 Å². The van der Waals surface area contributed by atoms with Crippen molar-refractivity contribution in [1.29, 1.82) is 0 Å². The van der Waals surface area contributed by atoms with Crippen molar-refractivity contribution in [3.8, 4) is 0 Å². The lowest BCUT2D eigenvalue weighted by Crippen LogP contribution is -2.61. The minimum atomic E-state index is -2.04. The van der Waals surface area contributed by atoms with E-state index >= 15 is 0 Å². The molecular weight excluding hydrogens is 1380 g/mol. The number of likely N-dealkylation sites (tertiary alicyclic amines) is 1. The van der Waals surface area contributed by atoms with E-state index in [-0.39, 0.29) is 45.2 Å². The van der Waals surface area contributed by atoms with Crippen LogP contribution in [-0.2, 0) is 94.3 Å². The average Bonchev–Trinajstić information content (AvgIpc) is 1.75. The van der Waals surface area contributed by atoms with Gasteiger partial charge in [0.05, 0.1) is 45.4 Å². The molecule has 1 fully saturated rings. The first-order valence-electron chi connectivity index (χ1n) is 34.2. The molecule has 1 heterocycles. The second kappa shape index (κ2) is 45.4. The van der Waals surface area contributed by atoms with Crippen LogP contribution in [-0.4, -0.2) is 249 Å². The largest absolute Gasteiger partial charge is 0.481 e. The number of primary amides is 1. The maximum absolute atomic E-state index is 14.1. The van der Waals surface area contributed by atoms with Crippen molar-refractivity contribution in [3.63, 3.8) is 0 Å². The van der Waals surface area contributed by atoms with Gasteiger partial charge in [0.2, 0.25) is 88.6 Å². The van der Waals surface area contributed by atoms with Crippen LogP contribution in [0.3, 0.4) is 0 Å². The number of carboxylic acids is 2. The number of nitrogens with zero attached hydrogens (tertiary/aromatic N) is 1. The number of unbranched alkanes of at least 4 members (excludes halogenated alkanes) is 1. The first kappa shape index (κ1) is 88.5.